The van der Waals surface area contributed by atoms with E-state index in [9.17, 15) is 0 Å². The molecule has 4 nitrogen and oxygen atoms in total. The Hall–Kier alpha value is -7.43. The fourth-order valence-electron chi connectivity index (χ4n) is 8.50. The molecule has 0 atom stereocenters. The number of para-hydroxylation sites is 1. The van der Waals surface area contributed by atoms with Crippen LogP contribution in [0.4, 0.5) is 0 Å². The fourth-order valence-corrected chi connectivity index (χ4v) is 8.50. The van der Waals surface area contributed by atoms with Crippen molar-refractivity contribution in [2.75, 3.05) is 0 Å². The Morgan fingerprint density at radius 2 is 0.947 bits per heavy atom. The smallest absolute Gasteiger partial charge is 0.164 e. The molecule has 0 bridgehead atoms. The largest absolute Gasteiger partial charge is 0.456 e. The predicted octanol–water partition coefficient (Wildman–Crippen LogP) is 13.6. The SMILES string of the molecule is C1=C(c2ccc(-c3nc(-c4ccccc4)nc(-c4cccc5c(-c6cc(-c7ccccc7)cc7oc8ccccc8c67)cccc45)n3)cc2)c2ccccc2CC1. The minimum Gasteiger partial charge on any atom is -0.456 e. The zero-order valence-electron chi connectivity index (χ0n) is 31.1. The van der Waals surface area contributed by atoms with E-state index in [2.05, 4.69) is 158 Å². The molecule has 0 amide bonds. The predicted molar refractivity (Wildman–Crippen MR) is 234 cm³/mol. The van der Waals surface area contributed by atoms with E-state index in [4.69, 9.17) is 19.4 Å². The highest BCUT2D eigenvalue weighted by Gasteiger charge is 2.20. The van der Waals surface area contributed by atoms with Crippen molar-refractivity contribution in [3.05, 3.63) is 205 Å². The number of hydrogen-bond donors (Lipinski definition) is 0. The Morgan fingerprint density at radius 3 is 1.74 bits per heavy atom. The summed E-state index contributed by atoms with van der Waals surface area (Å²) in [6.07, 6.45) is 4.48. The summed E-state index contributed by atoms with van der Waals surface area (Å²) in [4.78, 5) is 15.4. The maximum atomic E-state index is 6.52. The van der Waals surface area contributed by atoms with Crippen molar-refractivity contribution in [1.29, 1.82) is 0 Å². The van der Waals surface area contributed by atoms with Crippen LogP contribution in [0.5, 0.6) is 0 Å². The molecule has 0 N–H and O–H groups in total. The third kappa shape index (κ3) is 5.82. The molecule has 0 saturated heterocycles. The van der Waals surface area contributed by atoms with Gasteiger partial charge < -0.3 is 4.42 Å². The topological polar surface area (TPSA) is 51.8 Å². The first kappa shape index (κ1) is 33.0. The lowest BCUT2D eigenvalue weighted by Crippen LogP contribution is -2.02. The minimum absolute atomic E-state index is 0.631. The van der Waals surface area contributed by atoms with Gasteiger partial charge >= 0.3 is 0 Å². The summed E-state index contributed by atoms with van der Waals surface area (Å²) in [6, 6.07) is 63.9. The average molecular weight is 730 g/mol. The van der Waals surface area contributed by atoms with Gasteiger partial charge in [0.2, 0.25) is 0 Å². The fraction of sp³-hybridized carbons (Fsp3) is 0.0377. The highest BCUT2D eigenvalue weighted by molar-refractivity contribution is 6.17. The molecule has 2 aromatic heterocycles. The van der Waals surface area contributed by atoms with E-state index >= 15 is 0 Å². The Balaban J connectivity index is 1.08. The number of rotatable bonds is 6. The summed E-state index contributed by atoms with van der Waals surface area (Å²) in [5.41, 5.74) is 14.3. The van der Waals surface area contributed by atoms with Crippen LogP contribution in [-0.2, 0) is 6.42 Å². The Morgan fingerprint density at radius 1 is 0.368 bits per heavy atom. The van der Waals surface area contributed by atoms with E-state index in [1.165, 1.54) is 22.3 Å². The van der Waals surface area contributed by atoms with Crippen LogP contribution in [0.25, 0.3) is 94.7 Å². The third-order valence-corrected chi connectivity index (χ3v) is 11.2. The number of benzene rings is 8. The number of aryl methyl sites for hydroxylation is 1. The van der Waals surface area contributed by atoms with Crippen LogP contribution in [-0.4, -0.2) is 15.0 Å². The third-order valence-electron chi connectivity index (χ3n) is 11.2. The molecule has 57 heavy (non-hydrogen) atoms. The summed E-state index contributed by atoms with van der Waals surface area (Å²) in [7, 11) is 0. The van der Waals surface area contributed by atoms with Gasteiger partial charge in [-0.3, -0.25) is 0 Å². The Labute approximate surface area is 330 Å². The molecule has 0 unspecified atom stereocenters. The molecular formula is C53H35N3O. The van der Waals surface area contributed by atoms with E-state index in [0.717, 1.165) is 84.5 Å². The highest BCUT2D eigenvalue weighted by Crippen LogP contribution is 2.43. The molecule has 0 radical (unpaired) electrons. The van der Waals surface area contributed by atoms with Gasteiger partial charge in [0.25, 0.3) is 0 Å². The molecule has 0 fully saturated rings. The van der Waals surface area contributed by atoms with Gasteiger partial charge in [0.15, 0.2) is 17.5 Å². The number of fused-ring (bicyclic) bond motifs is 5. The second kappa shape index (κ2) is 13.7. The highest BCUT2D eigenvalue weighted by atomic mass is 16.3. The van der Waals surface area contributed by atoms with Crippen molar-refractivity contribution < 1.29 is 4.42 Å². The van der Waals surface area contributed by atoms with Gasteiger partial charge in [-0.25, -0.2) is 15.0 Å². The maximum absolute atomic E-state index is 6.52. The monoisotopic (exact) mass is 729 g/mol. The average Bonchev–Trinajstić information content (AvgIpc) is 3.67. The van der Waals surface area contributed by atoms with Gasteiger partial charge in [0.05, 0.1) is 0 Å². The lowest BCUT2D eigenvalue weighted by Gasteiger charge is -2.18. The standard InChI is InChI=1S/C53H35N3O/c1-3-14-34(15-4-1)39-32-47(50-46-21-9-10-27-48(46)57-49(50)33-39)44-25-12-24-43-42(44)23-13-26-45(43)53-55-51(37-17-5-2-6-18-37)54-52(56-53)38-30-28-36(29-31-38)41-22-11-19-35-16-7-8-20-40(35)41/h1-10,12-18,20-33H,11,19H2. The van der Waals surface area contributed by atoms with Crippen LogP contribution in [0.15, 0.2) is 192 Å². The Kier molecular flexibility index (Phi) is 7.92. The molecule has 0 spiro atoms. The molecule has 2 heterocycles. The van der Waals surface area contributed by atoms with E-state index in [0.29, 0.717) is 17.5 Å². The lowest BCUT2D eigenvalue weighted by atomic mass is 9.87. The second-order valence-corrected chi connectivity index (χ2v) is 14.6. The molecule has 8 aromatic carbocycles. The molecule has 10 aromatic rings. The van der Waals surface area contributed by atoms with Crippen molar-refractivity contribution >= 4 is 38.3 Å². The summed E-state index contributed by atoms with van der Waals surface area (Å²) in [6.45, 7) is 0. The molecule has 1 aliphatic rings. The van der Waals surface area contributed by atoms with Crippen LogP contribution >= 0.6 is 0 Å². The molecule has 1 aliphatic carbocycles. The van der Waals surface area contributed by atoms with Gasteiger partial charge in [-0.15, -0.1) is 0 Å². The van der Waals surface area contributed by atoms with Gasteiger partial charge in [-0.05, 0) is 86.3 Å². The number of hydrogen-bond acceptors (Lipinski definition) is 4. The number of allylic oxidation sites excluding steroid dienone is 1. The maximum Gasteiger partial charge on any atom is 0.164 e. The number of nitrogens with zero attached hydrogens (tertiary/aromatic N) is 3. The van der Waals surface area contributed by atoms with Crippen LogP contribution in [0, 0.1) is 0 Å². The minimum atomic E-state index is 0.631. The molecule has 0 saturated carbocycles. The molecule has 11 rings (SSSR count). The first-order chi connectivity index (χ1) is 28.2. The summed E-state index contributed by atoms with van der Waals surface area (Å²) < 4.78 is 6.52. The van der Waals surface area contributed by atoms with Crippen molar-refractivity contribution in [2.24, 2.45) is 0 Å². The zero-order chi connectivity index (χ0) is 37.7. The molecule has 4 heteroatoms. The van der Waals surface area contributed by atoms with Crippen LogP contribution in [0.1, 0.15) is 23.1 Å². The van der Waals surface area contributed by atoms with Crippen molar-refractivity contribution in [1.82, 2.24) is 15.0 Å². The number of aromatic nitrogens is 3. The van der Waals surface area contributed by atoms with Crippen LogP contribution in [0.2, 0.25) is 0 Å². The number of furan rings is 1. The summed E-state index contributed by atoms with van der Waals surface area (Å²) >= 11 is 0. The lowest BCUT2D eigenvalue weighted by molar-refractivity contribution is 0.669. The first-order valence-corrected chi connectivity index (χ1v) is 19.5. The van der Waals surface area contributed by atoms with Gasteiger partial charge in [0.1, 0.15) is 11.2 Å². The van der Waals surface area contributed by atoms with Crippen LogP contribution in [0.3, 0.4) is 0 Å². The first-order valence-electron chi connectivity index (χ1n) is 19.5. The molecule has 268 valence electrons. The second-order valence-electron chi connectivity index (χ2n) is 14.6. The van der Waals surface area contributed by atoms with Crippen molar-refractivity contribution in [2.45, 2.75) is 12.8 Å². The zero-order valence-corrected chi connectivity index (χ0v) is 31.1. The van der Waals surface area contributed by atoms with Gasteiger partial charge in [-0.2, -0.15) is 0 Å². The van der Waals surface area contributed by atoms with E-state index in [1.54, 1.807) is 0 Å². The van der Waals surface area contributed by atoms with E-state index < -0.39 is 0 Å². The normalized spacial score (nSPS) is 12.5. The molecule has 0 aliphatic heterocycles. The van der Waals surface area contributed by atoms with Crippen molar-refractivity contribution in [3.8, 4) is 56.4 Å². The molecular weight excluding hydrogens is 695 g/mol. The summed E-state index contributed by atoms with van der Waals surface area (Å²) in [5, 5.41) is 4.38. The van der Waals surface area contributed by atoms with Gasteiger partial charge in [-0.1, -0.05) is 170 Å². The van der Waals surface area contributed by atoms with E-state index in [1.807, 2.05) is 30.3 Å². The van der Waals surface area contributed by atoms with Gasteiger partial charge in [0, 0.05) is 27.5 Å². The van der Waals surface area contributed by atoms with Crippen molar-refractivity contribution in [3.63, 3.8) is 0 Å². The summed E-state index contributed by atoms with van der Waals surface area (Å²) in [5.74, 6) is 1.91. The Bertz CT molecular complexity index is 3160. The van der Waals surface area contributed by atoms with E-state index in [-0.39, 0.29) is 0 Å². The van der Waals surface area contributed by atoms with Crippen LogP contribution < -0.4 is 0 Å². The quantitative estimate of drug-likeness (QED) is 0.171.